The Kier molecular flexibility index (Phi) is 8.06. The number of rotatable bonds is 8. The summed E-state index contributed by atoms with van der Waals surface area (Å²) in [4.78, 5) is 0. The maximum absolute atomic E-state index is 2.49. The van der Waals surface area contributed by atoms with Crippen LogP contribution in [0.2, 0.25) is 0 Å². The molecule has 0 aromatic heterocycles. The van der Waals surface area contributed by atoms with Crippen LogP contribution in [0.5, 0.6) is 0 Å². The van der Waals surface area contributed by atoms with Gasteiger partial charge >= 0.3 is 0 Å². The zero-order chi connectivity index (χ0) is 21.5. The van der Waals surface area contributed by atoms with Gasteiger partial charge in [-0.3, -0.25) is 0 Å². The predicted molar refractivity (Wildman–Crippen MR) is 136 cm³/mol. The minimum absolute atomic E-state index is 0.782. The molecule has 2 aliphatic carbocycles. The highest BCUT2D eigenvalue weighted by atomic mass is 14.3. The molecular weight excluding hydrogens is 372 g/mol. The minimum atomic E-state index is 0.782. The number of hydrogen-bond donors (Lipinski definition) is 0. The molecule has 1 fully saturated rings. The first-order valence-corrected chi connectivity index (χ1v) is 13.2. The molecule has 2 aromatic rings. The van der Waals surface area contributed by atoms with E-state index in [1.807, 2.05) is 0 Å². The average molecular weight is 415 g/mol. The quantitative estimate of drug-likeness (QED) is 0.377. The van der Waals surface area contributed by atoms with Gasteiger partial charge in [0, 0.05) is 0 Å². The monoisotopic (exact) mass is 414 g/mol. The third-order valence-electron chi connectivity index (χ3n) is 8.13. The van der Waals surface area contributed by atoms with E-state index in [1.165, 1.54) is 93.7 Å². The molecule has 0 saturated heterocycles. The van der Waals surface area contributed by atoms with Crippen molar-refractivity contribution in [2.24, 2.45) is 11.8 Å². The Morgan fingerprint density at radius 1 is 0.677 bits per heavy atom. The molecule has 1 unspecified atom stereocenters. The molecule has 0 bridgehead atoms. The first kappa shape index (κ1) is 22.4. The van der Waals surface area contributed by atoms with Crippen molar-refractivity contribution in [3.05, 3.63) is 65.7 Å². The van der Waals surface area contributed by atoms with Crippen LogP contribution in [-0.2, 0) is 0 Å². The highest BCUT2D eigenvalue weighted by molar-refractivity contribution is 5.71. The van der Waals surface area contributed by atoms with Crippen LogP contribution in [0.4, 0.5) is 0 Å². The Morgan fingerprint density at radius 3 is 1.90 bits per heavy atom. The van der Waals surface area contributed by atoms with Crippen LogP contribution in [0.3, 0.4) is 0 Å². The van der Waals surface area contributed by atoms with Crippen molar-refractivity contribution in [3.8, 4) is 11.1 Å². The highest BCUT2D eigenvalue weighted by Gasteiger charge is 2.22. The average Bonchev–Trinajstić information content (AvgIpc) is 2.85. The van der Waals surface area contributed by atoms with Crippen molar-refractivity contribution >= 4 is 5.57 Å². The Hall–Kier alpha value is -1.82. The predicted octanol–water partition coefficient (Wildman–Crippen LogP) is 9.80. The van der Waals surface area contributed by atoms with Gasteiger partial charge in [-0.05, 0) is 90.5 Å². The molecule has 1 saturated carbocycles. The summed E-state index contributed by atoms with van der Waals surface area (Å²) in [5.41, 5.74) is 7.23. The SMILES string of the molecule is CCCCC[C@H]1CC[C@H](c2ccc(-c3ccc(C4=CCC(CC)CC4)cc3)cc2)CC1. The summed E-state index contributed by atoms with van der Waals surface area (Å²) >= 11 is 0. The molecule has 0 N–H and O–H groups in total. The van der Waals surface area contributed by atoms with Gasteiger partial charge in [0.25, 0.3) is 0 Å². The number of benzene rings is 2. The lowest BCUT2D eigenvalue weighted by atomic mass is 9.77. The van der Waals surface area contributed by atoms with Gasteiger partial charge in [-0.1, -0.05) is 101 Å². The zero-order valence-electron chi connectivity index (χ0n) is 19.9. The highest BCUT2D eigenvalue weighted by Crippen LogP contribution is 2.38. The molecule has 2 aromatic carbocycles. The second kappa shape index (κ2) is 11.2. The fourth-order valence-electron chi connectivity index (χ4n) is 5.81. The zero-order valence-corrected chi connectivity index (χ0v) is 19.9. The third kappa shape index (κ3) is 5.91. The Balaban J connectivity index is 1.33. The van der Waals surface area contributed by atoms with Gasteiger partial charge in [-0.15, -0.1) is 0 Å². The molecule has 0 aliphatic heterocycles. The lowest BCUT2D eigenvalue weighted by molar-refractivity contribution is 0.303. The second-order valence-electron chi connectivity index (χ2n) is 10.2. The Bertz CT molecular complexity index is 815. The van der Waals surface area contributed by atoms with Crippen LogP contribution >= 0.6 is 0 Å². The number of unbranched alkanes of at least 4 members (excludes halogenated alkanes) is 2. The molecule has 0 heterocycles. The van der Waals surface area contributed by atoms with Crippen molar-refractivity contribution in [3.63, 3.8) is 0 Å². The van der Waals surface area contributed by atoms with Crippen molar-refractivity contribution in [1.29, 1.82) is 0 Å². The van der Waals surface area contributed by atoms with E-state index >= 15 is 0 Å². The summed E-state index contributed by atoms with van der Waals surface area (Å²) in [6.45, 7) is 4.63. The fraction of sp³-hybridized carbons (Fsp3) is 0.548. The summed E-state index contributed by atoms with van der Waals surface area (Å²) in [5.74, 6) is 2.68. The third-order valence-corrected chi connectivity index (χ3v) is 8.13. The maximum atomic E-state index is 2.49. The lowest BCUT2D eigenvalue weighted by Crippen LogP contribution is -2.13. The maximum Gasteiger partial charge on any atom is -0.0162 e. The molecule has 0 nitrogen and oxygen atoms in total. The normalized spacial score (nSPS) is 24.1. The van der Waals surface area contributed by atoms with Crippen LogP contribution in [0, 0.1) is 11.8 Å². The van der Waals surface area contributed by atoms with Crippen LogP contribution in [0.15, 0.2) is 54.6 Å². The van der Waals surface area contributed by atoms with Gasteiger partial charge in [0.05, 0.1) is 0 Å². The van der Waals surface area contributed by atoms with E-state index in [9.17, 15) is 0 Å². The van der Waals surface area contributed by atoms with Crippen LogP contribution < -0.4 is 0 Å². The number of allylic oxidation sites excluding steroid dienone is 2. The number of hydrogen-bond acceptors (Lipinski definition) is 0. The van der Waals surface area contributed by atoms with E-state index < -0.39 is 0 Å². The molecule has 31 heavy (non-hydrogen) atoms. The van der Waals surface area contributed by atoms with Crippen molar-refractivity contribution in [1.82, 2.24) is 0 Å². The fourth-order valence-corrected chi connectivity index (χ4v) is 5.81. The Labute approximate surface area is 191 Å². The molecule has 166 valence electrons. The van der Waals surface area contributed by atoms with Crippen LogP contribution in [0.1, 0.15) is 108 Å². The van der Waals surface area contributed by atoms with Crippen molar-refractivity contribution < 1.29 is 0 Å². The van der Waals surface area contributed by atoms with E-state index in [0.29, 0.717) is 0 Å². The summed E-state index contributed by atoms with van der Waals surface area (Å²) in [6.07, 6.45) is 19.0. The van der Waals surface area contributed by atoms with E-state index in [1.54, 1.807) is 11.1 Å². The molecule has 1 atom stereocenters. The van der Waals surface area contributed by atoms with E-state index in [0.717, 1.165) is 17.8 Å². The van der Waals surface area contributed by atoms with Crippen LogP contribution in [-0.4, -0.2) is 0 Å². The molecular formula is C31H42. The molecule has 0 spiro atoms. The molecule has 2 aliphatic rings. The summed E-state index contributed by atoms with van der Waals surface area (Å²) < 4.78 is 0. The van der Waals surface area contributed by atoms with Gasteiger partial charge in [-0.25, -0.2) is 0 Å². The van der Waals surface area contributed by atoms with E-state index in [2.05, 4.69) is 68.5 Å². The molecule has 4 rings (SSSR count). The smallest absolute Gasteiger partial charge is 0.0162 e. The van der Waals surface area contributed by atoms with Gasteiger partial charge in [0.1, 0.15) is 0 Å². The van der Waals surface area contributed by atoms with Gasteiger partial charge in [-0.2, -0.15) is 0 Å². The lowest BCUT2D eigenvalue weighted by Gasteiger charge is -2.29. The largest absolute Gasteiger partial charge is 0.0804 e. The second-order valence-corrected chi connectivity index (χ2v) is 10.2. The van der Waals surface area contributed by atoms with E-state index in [4.69, 9.17) is 0 Å². The van der Waals surface area contributed by atoms with Gasteiger partial charge in [0.15, 0.2) is 0 Å². The molecule has 0 amide bonds. The first-order valence-electron chi connectivity index (χ1n) is 13.2. The summed E-state index contributed by atoms with van der Waals surface area (Å²) in [7, 11) is 0. The minimum Gasteiger partial charge on any atom is -0.0804 e. The van der Waals surface area contributed by atoms with Crippen LogP contribution in [0.25, 0.3) is 16.7 Å². The Morgan fingerprint density at radius 2 is 1.32 bits per heavy atom. The first-order chi connectivity index (χ1) is 15.3. The molecule has 0 radical (unpaired) electrons. The summed E-state index contributed by atoms with van der Waals surface area (Å²) in [6, 6.07) is 18.8. The summed E-state index contributed by atoms with van der Waals surface area (Å²) in [5, 5.41) is 0. The standard InChI is InChI=1S/C31H42/c1-3-5-6-7-25-10-14-27(15-11-25)29-18-22-31(23-19-29)30-20-16-28(17-21-30)26-12-8-24(4-2)9-13-26/h12,16-25,27H,3-11,13-15H2,1-2H3/t24?,25-,27-. The van der Waals surface area contributed by atoms with E-state index in [-0.39, 0.29) is 0 Å². The molecule has 0 heteroatoms. The van der Waals surface area contributed by atoms with Crippen molar-refractivity contribution in [2.45, 2.75) is 96.8 Å². The van der Waals surface area contributed by atoms with Gasteiger partial charge < -0.3 is 0 Å². The topological polar surface area (TPSA) is 0 Å². The van der Waals surface area contributed by atoms with Gasteiger partial charge in [0.2, 0.25) is 0 Å². The van der Waals surface area contributed by atoms with Crippen molar-refractivity contribution in [2.75, 3.05) is 0 Å².